The first-order valence-electron chi connectivity index (χ1n) is 10.3. The van der Waals surface area contributed by atoms with Crippen molar-refractivity contribution in [1.82, 2.24) is 15.2 Å². The zero-order chi connectivity index (χ0) is 19.3. The Hall–Kier alpha value is -2.60. The van der Waals surface area contributed by atoms with Crippen LogP contribution < -0.4 is 15.1 Å². The SMILES string of the molecule is CCNC(=NCc1ccc(N2CCN(C)CC2)nc1)N1CCc2ccccc21. The topological polar surface area (TPSA) is 47.0 Å². The lowest BCUT2D eigenvalue weighted by Gasteiger charge is -2.33. The Kier molecular flexibility index (Phi) is 5.76. The highest BCUT2D eigenvalue weighted by atomic mass is 15.3. The van der Waals surface area contributed by atoms with Crippen LogP contribution in [0.25, 0.3) is 0 Å². The summed E-state index contributed by atoms with van der Waals surface area (Å²) >= 11 is 0. The van der Waals surface area contributed by atoms with Crippen molar-refractivity contribution in [3.05, 3.63) is 53.7 Å². The maximum Gasteiger partial charge on any atom is 0.198 e. The zero-order valence-corrected chi connectivity index (χ0v) is 16.9. The zero-order valence-electron chi connectivity index (χ0n) is 16.9. The predicted octanol–water partition coefficient (Wildman–Crippen LogP) is 2.36. The number of rotatable bonds is 4. The fourth-order valence-corrected chi connectivity index (χ4v) is 3.85. The Balaban J connectivity index is 1.44. The van der Waals surface area contributed by atoms with Crippen molar-refractivity contribution in [3.63, 3.8) is 0 Å². The number of guanidine groups is 1. The number of nitrogens with zero attached hydrogens (tertiary/aromatic N) is 5. The molecule has 0 bridgehead atoms. The Morgan fingerprint density at radius 3 is 2.64 bits per heavy atom. The standard InChI is InChI=1S/C22H30N6/c1-3-23-22(28-11-10-19-6-4-5-7-20(19)28)25-17-18-8-9-21(24-16-18)27-14-12-26(2)13-15-27/h4-9,16H,3,10-15,17H2,1-2H3,(H,23,25). The maximum atomic E-state index is 4.89. The summed E-state index contributed by atoms with van der Waals surface area (Å²) < 4.78 is 0. The van der Waals surface area contributed by atoms with Crippen LogP contribution in [-0.4, -0.2) is 62.2 Å². The van der Waals surface area contributed by atoms with Gasteiger partial charge in [0, 0.05) is 51.2 Å². The van der Waals surface area contributed by atoms with Gasteiger partial charge in [-0.05, 0) is 43.7 Å². The van der Waals surface area contributed by atoms with Crippen molar-refractivity contribution in [1.29, 1.82) is 0 Å². The molecule has 0 atom stereocenters. The molecule has 6 nitrogen and oxygen atoms in total. The molecule has 2 aliphatic rings. The number of hydrogen-bond acceptors (Lipinski definition) is 4. The summed E-state index contributed by atoms with van der Waals surface area (Å²) in [5, 5.41) is 3.45. The number of nitrogens with one attached hydrogen (secondary N) is 1. The van der Waals surface area contributed by atoms with Gasteiger partial charge < -0.3 is 20.0 Å². The summed E-state index contributed by atoms with van der Waals surface area (Å²) in [4.78, 5) is 16.6. The normalized spacial score (nSPS) is 17.7. The van der Waals surface area contributed by atoms with Gasteiger partial charge in [-0.3, -0.25) is 0 Å². The third-order valence-electron chi connectivity index (χ3n) is 5.53. The van der Waals surface area contributed by atoms with E-state index in [-0.39, 0.29) is 0 Å². The number of aromatic nitrogens is 1. The number of hydrogen-bond donors (Lipinski definition) is 1. The Labute approximate surface area is 167 Å². The molecule has 1 N–H and O–H groups in total. The van der Waals surface area contributed by atoms with E-state index in [0.29, 0.717) is 6.54 Å². The quantitative estimate of drug-likeness (QED) is 0.654. The van der Waals surface area contributed by atoms with E-state index in [4.69, 9.17) is 4.99 Å². The van der Waals surface area contributed by atoms with Gasteiger partial charge in [-0.1, -0.05) is 24.3 Å². The number of likely N-dealkylation sites (N-methyl/N-ethyl adjacent to an activating group) is 1. The van der Waals surface area contributed by atoms with Gasteiger partial charge in [-0.15, -0.1) is 0 Å². The van der Waals surface area contributed by atoms with E-state index in [1.807, 2.05) is 6.20 Å². The molecule has 1 aromatic carbocycles. The van der Waals surface area contributed by atoms with Gasteiger partial charge in [-0.25, -0.2) is 9.98 Å². The highest BCUT2D eigenvalue weighted by Crippen LogP contribution is 2.27. The van der Waals surface area contributed by atoms with Gasteiger partial charge in [0.2, 0.25) is 0 Å². The van der Waals surface area contributed by atoms with Crippen molar-refractivity contribution >= 4 is 17.5 Å². The minimum atomic E-state index is 0.636. The van der Waals surface area contributed by atoms with E-state index in [1.165, 1.54) is 11.3 Å². The van der Waals surface area contributed by atoms with Gasteiger partial charge >= 0.3 is 0 Å². The third-order valence-corrected chi connectivity index (χ3v) is 5.53. The maximum absolute atomic E-state index is 4.89. The molecule has 1 fully saturated rings. The molecule has 0 spiro atoms. The molecule has 148 valence electrons. The van der Waals surface area contributed by atoms with Crippen LogP contribution >= 0.6 is 0 Å². The van der Waals surface area contributed by atoms with Gasteiger partial charge in [0.25, 0.3) is 0 Å². The van der Waals surface area contributed by atoms with E-state index in [9.17, 15) is 0 Å². The van der Waals surface area contributed by atoms with Crippen LogP contribution in [0.5, 0.6) is 0 Å². The fraction of sp³-hybridized carbons (Fsp3) is 0.455. The van der Waals surface area contributed by atoms with E-state index in [2.05, 4.69) is 75.4 Å². The van der Waals surface area contributed by atoms with Gasteiger partial charge in [0.05, 0.1) is 6.54 Å². The smallest absolute Gasteiger partial charge is 0.198 e. The van der Waals surface area contributed by atoms with Crippen LogP contribution in [0.4, 0.5) is 11.5 Å². The Morgan fingerprint density at radius 2 is 1.89 bits per heavy atom. The molecule has 0 unspecified atom stereocenters. The predicted molar refractivity (Wildman–Crippen MR) is 116 cm³/mol. The number of pyridine rings is 1. The third kappa shape index (κ3) is 4.12. The summed E-state index contributed by atoms with van der Waals surface area (Å²) in [6, 6.07) is 12.9. The van der Waals surface area contributed by atoms with Gasteiger partial charge in [0.1, 0.15) is 5.82 Å². The average Bonchev–Trinajstić information content (AvgIpc) is 3.16. The number of benzene rings is 1. The Morgan fingerprint density at radius 1 is 1.07 bits per heavy atom. The molecule has 3 heterocycles. The number of anilines is 2. The molecule has 4 rings (SSSR count). The summed E-state index contributed by atoms with van der Waals surface area (Å²) in [7, 11) is 2.17. The summed E-state index contributed by atoms with van der Waals surface area (Å²) in [6.45, 7) is 8.86. The number of aliphatic imine (C=N–C) groups is 1. The van der Waals surface area contributed by atoms with Crippen molar-refractivity contribution in [3.8, 4) is 0 Å². The molecule has 0 aliphatic carbocycles. The second-order valence-electron chi connectivity index (χ2n) is 7.52. The van der Waals surface area contributed by atoms with Crippen LogP contribution in [0.3, 0.4) is 0 Å². The number of piperazine rings is 1. The van der Waals surface area contributed by atoms with E-state index < -0.39 is 0 Å². The van der Waals surface area contributed by atoms with Crippen molar-refractivity contribution in [2.75, 3.05) is 56.1 Å². The van der Waals surface area contributed by atoms with Crippen LogP contribution in [0.1, 0.15) is 18.1 Å². The van der Waals surface area contributed by atoms with Crippen LogP contribution in [0, 0.1) is 0 Å². The molecule has 2 aliphatic heterocycles. The Bertz CT molecular complexity index is 808. The molecule has 0 radical (unpaired) electrons. The lowest BCUT2D eigenvalue weighted by Crippen LogP contribution is -2.44. The minimum Gasteiger partial charge on any atom is -0.356 e. The first-order valence-corrected chi connectivity index (χ1v) is 10.3. The minimum absolute atomic E-state index is 0.636. The van der Waals surface area contributed by atoms with Crippen LogP contribution in [0.15, 0.2) is 47.6 Å². The van der Waals surface area contributed by atoms with E-state index >= 15 is 0 Å². The second kappa shape index (κ2) is 8.61. The second-order valence-corrected chi connectivity index (χ2v) is 7.52. The summed E-state index contributed by atoms with van der Waals surface area (Å²) in [5.41, 5.74) is 3.80. The largest absolute Gasteiger partial charge is 0.356 e. The highest BCUT2D eigenvalue weighted by Gasteiger charge is 2.22. The first-order chi connectivity index (χ1) is 13.7. The fourth-order valence-electron chi connectivity index (χ4n) is 3.85. The molecule has 1 aromatic heterocycles. The molecule has 2 aromatic rings. The van der Waals surface area contributed by atoms with Crippen LogP contribution in [-0.2, 0) is 13.0 Å². The average molecular weight is 379 g/mol. The first kappa shape index (κ1) is 18.7. The molecule has 28 heavy (non-hydrogen) atoms. The molecule has 0 saturated carbocycles. The number of para-hydroxylation sites is 1. The van der Waals surface area contributed by atoms with Crippen molar-refractivity contribution in [2.45, 2.75) is 19.9 Å². The molecule has 1 saturated heterocycles. The highest BCUT2D eigenvalue weighted by molar-refractivity contribution is 5.97. The van der Waals surface area contributed by atoms with E-state index in [1.54, 1.807) is 0 Å². The molecule has 0 amide bonds. The summed E-state index contributed by atoms with van der Waals surface area (Å²) in [5.74, 6) is 2.02. The molecular formula is C22H30N6. The lowest BCUT2D eigenvalue weighted by molar-refractivity contribution is 0.312. The summed E-state index contributed by atoms with van der Waals surface area (Å²) in [6.07, 6.45) is 3.04. The van der Waals surface area contributed by atoms with Crippen molar-refractivity contribution in [2.24, 2.45) is 4.99 Å². The lowest BCUT2D eigenvalue weighted by atomic mass is 10.2. The number of fused-ring (bicyclic) bond motifs is 1. The molecule has 6 heteroatoms. The van der Waals surface area contributed by atoms with Gasteiger partial charge in [0.15, 0.2) is 5.96 Å². The van der Waals surface area contributed by atoms with Crippen LogP contribution in [0.2, 0.25) is 0 Å². The van der Waals surface area contributed by atoms with E-state index in [0.717, 1.165) is 63.0 Å². The molecular weight excluding hydrogens is 348 g/mol. The van der Waals surface area contributed by atoms with Gasteiger partial charge in [-0.2, -0.15) is 0 Å². The monoisotopic (exact) mass is 378 g/mol. The van der Waals surface area contributed by atoms with Crippen molar-refractivity contribution < 1.29 is 0 Å².